The molecule has 0 radical (unpaired) electrons. The van der Waals surface area contributed by atoms with E-state index in [9.17, 15) is 9.59 Å². The van der Waals surface area contributed by atoms with E-state index in [1.807, 2.05) is 26.8 Å². The summed E-state index contributed by atoms with van der Waals surface area (Å²) in [7, 11) is 0. The molecule has 19 heavy (non-hydrogen) atoms. The second-order valence-corrected chi connectivity index (χ2v) is 5.40. The number of rotatable bonds is 2. The molecule has 0 bridgehead atoms. The zero-order chi connectivity index (χ0) is 14.0. The number of fused-ring (bicyclic) bond motifs is 1. The molecule has 3 N–H and O–H groups in total. The van der Waals surface area contributed by atoms with Gasteiger partial charge in [-0.15, -0.1) is 0 Å². The molecule has 0 saturated carbocycles. The summed E-state index contributed by atoms with van der Waals surface area (Å²) >= 11 is 0. The normalized spacial score (nSPS) is 11.5. The van der Waals surface area contributed by atoms with E-state index >= 15 is 0 Å². The molecule has 0 saturated heterocycles. The summed E-state index contributed by atoms with van der Waals surface area (Å²) in [6.07, 6.45) is 0. The molecule has 0 aliphatic heterocycles. The molecule has 0 atom stereocenters. The van der Waals surface area contributed by atoms with Crippen LogP contribution < -0.4 is 16.4 Å². The van der Waals surface area contributed by atoms with Crippen LogP contribution in [0.4, 0.5) is 4.79 Å². The predicted molar refractivity (Wildman–Crippen MR) is 72.0 cm³/mol. The van der Waals surface area contributed by atoms with Gasteiger partial charge in [0.25, 0.3) is 0 Å². The summed E-state index contributed by atoms with van der Waals surface area (Å²) in [6, 6.07) is 5.07. The van der Waals surface area contributed by atoms with Gasteiger partial charge in [-0.25, -0.2) is 9.59 Å². The van der Waals surface area contributed by atoms with Gasteiger partial charge >= 0.3 is 11.8 Å². The number of carbonyl (C=O) groups excluding carboxylic acids is 1. The van der Waals surface area contributed by atoms with Crippen molar-refractivity contribution in [1.82, 2.24) is 15.6 Å². The van der Waals surface area contributed by atoms with E-state index in [1.54, 1.807) is 12.1 Å². The average molecular weight is 263 g/mol. The molecule has 1 aromatic heterocycles. The maximum Gasteiger partial charge on any atom is 0.417 e. The Morgan fingerprint density at radius 3 is 2.79 bits per heavy atom. The minimum absolute atomic E-state index is 0.233. The fourth-order valence-electron chi connectivity index (χ4n) is 1.67. The van der Waals surface area contributed by atoms with Crippen molar-refractivity contribution in [3.63, 3.8) is 0 Å². The predicted octanol–water partition coefficient (Wildman–Crippen LogP) is 1.72. The second-order valence-electron chi connectivity index (χ2n) is 5.40. The van der Waals surface area contributed by atoms with Crippen molar-refractivity contribution in [3.8, 4) is 0 Å². The van der Waals surface area contributed by atoms with Crippen LogP contribution in [0.5, 0.6) is 0 Å². The highest BCUT2D eigenvalue weighted by molar-refractivity contribution is 5.75. The molecule has 0 fully saturated rings. The minimum atomic E-state index is -0.481. The quantitative estimate of drug-likeness (QED) is 0.771. The molecule has 0 aliphatic rings. The third kappa shape index (κ3) is 3.61. The van der Waals surface area contributed by atoms with Crippen LogP contribution in [0, 0.1) is 0 Å². The molecule has 0 aliphatic carbocycles. The van der Waals surface area contributed by atoms with Crippen LogP contribution in [0.3, 0.4) is 0 Å². The lowest BCUT2D eigenvalue weighted by molar-refractivity contribution is 0.231. The Morgan fingerprint density at radius 2 is 2.11 bits per heavy atom. The van der Waals surface area contributed by atoms with E-state index < -0.39 is 5.76 Å². The SMILES string of the molecule is CC(C)(C)NC(=O)NCc1ccc2[nH]c(=O)oc2c1. The molecule has 2 amide bonds. The fourth-order valence-corrected chi connectivity index (χ4v) is 1.67. The molecule has 102 valence electrons. The van der Waals surface area contributed by atoms with Gasteiger partial charge in [0.1, 0.15) is 0 Å². The van der Waals surface area contributed by atoms with Gasteiger partial charge in [-0.2, -0.15) is 0 Å². The van der Waals surface area contributed by atoms with Gasteiger partial charge < -0.3 is 15.1 Å². The van der Waals surface area contributed by atoms with Crippen molar-refractivity contribution in [2.24, 2.45) is 0 Å². The van der Waals surface area contributed by atoms with Gasteiger partial charge in [0.15, 0.2) is 5.58 Å². The van der Waals surface area contributed by atoms with Crippen LogP contribution in [-0.2, 0) is 6.54 Å². The molecular weight excluding hydrogens is 246 g/mol. The number of oxazole rings is 1. The molecule has 0 unspecified atom stereocenters. The molecule has 0 spiro atoms. The molecule has 2 rings (SSSR count). The lowest BCUT2D eigenvalue weighted by atomic mass is 10.1. The average Bonchev–Trinajstić information content (AvgIpc) is 2.63. The van der Waals surface area contributed by atoms with Gasteiger partial charge in [-0.05, 0) is 38.5 Å². The van der Waals surface area contributed by atoms with Crippen molar-refractivity contribution < 1.29 is 9.21 Å². The summed E-state index contributed by atoms with van der Waals surface area (Å²) in [5, 5.41) is 5.55. The Hall–Kier alpha value is -2.24. The first-order valence-electron chi connectivity index (χ1n) is 6.01. The molecule has 1 aromatic carbocycles. The monoisotopic (exact) mass is 263 g/mol. The van der Waals surface area contributed by atoms with Crippen LogP contribution in [0.1, 0.15) is 26.3 Å². The second kappa shape index (κ2) is 4.79. The Bertz CT molecular complexity index is 649. The van der Waals surface area contributed by atoms with E-state index in [0.29, 0.717) is 17.6 Å². The van der Waals surface area contributed by atoms with Gasteiger partial charge in [0.2, 0.25) is 0 Å². The van der Waals surface area contributed by atoms with E-state index in [1.165, 1.54) is 0 Å². The van der Waals surface area contributed by atoms with Crippen LogP contribution in [0.2, 0.25) is 0 Å². The Labute approximate surface area is 110 Å². The summed E-state index contributed by atoms with van der Waals surface area (Å²) in [6.45, 7) is 6.10. The summed E-state index contributed by atoms with van der Waals surface area (Å²) < 4.78 is 4.96. The smallest absolute Gasteiger partial charge is 0.408 e. The van der Waals surface area contributed by atoms with Crippen molar-refractivity contribution in [2.75, 3.05) is 0 Å². The maximum absolute atomic E-state index is 11.6. The standard InChI is InChI=1S/C13H17N3O3/c1-13(2,3)16-11(17)14-7-8-4-5-9-10(6-8)19-12(18)15-9/h4-6H,7H2,1-3H3,(H,15,18)(H2,14,16,17). The van der Waals surface area contributed by atoms with Crippen LogP contribution >= 0.6 is 0 Å². The topological polar surface area (TPSA) is 87.1 Å². The first kappa shape index (κ1) is 13.2. The number of nitrogens with one attached hydrogen (secondary N) is 3. The van der Waals surface area contributed by atoms with Gasteiger partial charge in [-0.1, -0.05) is 6.07 Å². The maximum atomic E-state index is 11.6. The van der Waals surface area contributed by atoms with E-state index in [0.717, 1.165) is 5.56 Å². The Kier molecular flexibility index (Phi) is 3.33. The molecule has 2 aromatic rings. The number of benzene rings is 1. The van der Waals surface area contributed by atoms with E-state index in [-0.39, 0.29) is 11.6 Å². The number of aromatic amines is 1. The number of aromatic nitrogens is 1. The number of hydrogen-bond donors (Lipinski definition) is 3. The number of hydrogen-bond acceptors (Lipinski definition) is 3. The lowest BCUT2D eigenvalue weighted by Gasteiger charge is -2.20. The fraction of sp³-hybridized carbons (Fsp3) is 0.385. The van der Waals surface area contributed by atoms with E-state index in [4.69, 9.17) is 4.42 Å². The minimum Gasteiger partial charge on any atom is -0.408 e. The molecular formula is C13H17N3O3. The van der Waals surface area contributed by atoms with E-state index in [2.05, 4.69) is 15.6 Å². The molecule has 6 heteroatoms. The zero-order valence-corrected chi connectivity index (χ0v) is 11.2. The number of urea groups is 1. The van der Waals surface area contributed by atoms with Crippen molar-refractivity contribution in [1.29, 1.82) is 0 Å². The van der Waals surface area contributed by atoms with Gasteiger partial charge in [0.05, 0.1) is 5.52 Å². The molecule has 1 heterocycles. The van der Waals surface area contributed by atoms with Crippen LogP contribution in [0.15, 0.2) is 27.4 Å². The lowest BCUT2D eigenvalue weighted by Crippen LogP contribution is -2.46. The van der Waals surface area contributed by atoms with Gasteiger partial charge in [0, 0.05) is 12.1 Å². The van der Waals surface area contributed by atoms with Crippen molar-refractivity contribution in [2.45, 2.75) is 32.9 Å². The Balaban J connectivity index is 2.01. The first-order valence-corrected chi connectivity index (χ1v) is 6.01. The zero-order valence-electron chi connectivity index (χ0n) is 11.2. The van der Waals surface area contributed by atoms with Crippen LogP contribution in [0.25, 0.3) is 11.1 Å². The van der Waals surface area contributed by atoms with Crippen molar-refractivity contribution in [3.05, 3.63) is 34.3 Å². The highest BCUT2D eigenvalue weighted by Crippen LogP contribution is 2.12. The summed E-state index contributed by atoms with van der Waals surface area (Å²) in [4.78, 5) is 25.2. The highest BCUT2D eigenvalue weighted by Gasteiger charge is 2.13. The third-order valence-corrected chi connectivity index (χ3v) is 2.43. The largest absolute Gasteiger partial charge is 0.417 e. The highest BCUT2D eigenvalue weighted by atomic mass is 16.4. The third-order valence-electron chi connectivity index (χ3n) is 2.43. The number of H-pyrrole nitrogens is 1. The van der Waals surface area contributed by atoms with Gasteiger partial charge in [-0.3, -0.25) is 4.98 Å². The molecule has 6 nitrogen and oxygen atoms in total. The first-order chi connectivity index (χ1) is 8.83. The number of amides is 2. The van der Waals surface area contributed by atoms with Crippen molar-refractivity contribution >= 4 is 17.1 Å². The summed E-state index contributed by atoms with van der Waals surface area (Å²) in [5.41, 5.74) is 1.72. The van der Waals surface area contributed by atoms with Crippen LogP contribution in [-0.4, -0.2) is 16.6 Å². The number of carbonyl (C=O) groups is 1. The summed E-state index contributed by atoms with van der Waals surface area (Å²) in [5.74, 6) is -0.481. The Morgan fingerprint density at radius 1 is 1.37 bits per heavy atom.